The van der Waals surface area contributed by atoms with E-state index in [0.717, 1.165) is 0 Å². The van der Waals surface area contributed by atoms with Crippen molar-refractivity contribution in [3.05, 3.63) is 42.2 Å². The second-order valence-electron chi connectivity index (χ2n) is 9.57. The highest BCUT2D eigenvalue weighted by atomic mass is 28.3. The fourth-order valence-corrected chi connectivity index (χ4v) is 10.0. The van der Waals surface area contributed by atoms with Gasteiger partial charge in [0.05, 0.1) is 17.6 Å². The Morgan fingerprint density at radius 3 is 2.19 bits per heavy atom. The molecule has 1 N–H and O–H groups in total. The number of nitrogens with one attached hydrogen (secondary N) is 1. The van der Waals surface area contributed by atoms with Gasteiger partial charge in [-0.3, -0.25) is 0 Å². The fraction of sp³-hybridized carbons (Fsp3) is 0.480. The van der Waals surface area contributed by atoms with Gasteiger partial charge in [0.1, 0.15) is 20.2 Å². The van der Waals surface area contributed by atoms with E-state index >= 15 is 0 Å². The van der Waals surface area contributed by atoms with E-state index in [1.807, 2.05) is 10.6 Å². The lowest BCUT2D eigenvalue weighted by atomic mass is 10.2. The van der Waals surface area contributed by atoms with Crippen molar-refractivity contribution in [3.8, 4) is 11.5 Å². The van der Waals surface area contributed by atoms with E-state index in [4.69, 9.17) is 0 Å². The van der Waals surface area contributed by atoms with E-state index in [9.17, 15) is 4.39 Å². The van der Waals surface area contributed by atoms with Crippen molar-refractivity contribution < 1.29 is 4.39 Å². The summed E-state index contributed by atoms with van der Waals surface area (Å²) in [5, 5.41) is 3.17. The number of fused-ring (bicyclic) bond motifs is 1. The third-order valence-corrected chi connectivity index (χ3v) is 12.7. The molecule has 0 unspecified atom stereocenters. The largest absolute Gasteiger partial charge is 0.335 e. The molecular formula is C25H34FN5Si. The molecule has 0 aliphatic heterocycles. The van der Waals surface area contributed by atoms with Crippen LogP contribution in [0.3, 0.4) is 0 Å². The second-order valence-corrected chi connectivity index (χ2v) is 15.2. The minimum absolute atomic E-state index is 0.207. The molecule has 7 heteroatoms. The van der Waals surface area contributed by atoms with Crippen molar-refractivity contribution in [2.24, 2.45) is 0 Å². The first kappa shape index (κ1) is 23.9. The zero-order valence-corrected chi connectivity index (χ0v) is 21.4. The lowest BCUT2D eigenvalue weighted by molar-refractivity contribution is 0.612. The van der Waals surface area contributed by atoms with Gasteiger partial charge >= 0.3 is 0 Å². The molecule has 32 heavy (non-hydrogen) atoms. The van der Waals surface area contributed by atoms with Crippen LogP contribution in [0.1, 0.15) is 67.0 Å². The van der Waals surface area contributed by atoms with Crippen LogP contribution in [0.25, 0.3) is 11.2 Å². The van der Waals surface area contributed by atoms with Gasteiger partial charge in [0.25, 0.3) is 0 Å². The monoisotopic (exact) mass is 451 g/mol. The molecule has 0 saturated carbocycles. The van der Waals surface area contributed by atoms with Gasteiger partial charge in [0.15, 0.2) is 17.0 Å². The van der Waals surface area contributed by atoms with Crippen molar-refractivity contribution in [2.45, 2.75) is 78.1 Å². The molecule has 3 rings (SSSR count). The average Bonchev–Trinajstić information content (AvgIpc) is 3.15. The third-order valence-electron chi connectivity index (χ3n) is 6.45. The number of para-hydroxylation sites is 1. The number of benzene rings is 1. The molecule has 2 aromatic heterocycles. The Morgan fingerprint density at radius 1 is 0.938 bits per heavy atom. The van der Waals surface area contributed by atoms with Crippen LogP contribution in [-0.2, 0) is 0 Å². The number of hydrogen-bond donors (Lipinski definition) is 1. The van der Waals surface area contributed by atoms with Crippen molar-refractivity contribution >= 4 is 30.7 Å². The number of anilines is 2. The molecule has 1 aromatic carbocycles. The summed E-state index contributed by atoms with van der Waals surface area (Å²) < 4.78 is 16.9. The molecule has 2 heterocycles. The van der Waals surface area contributed by atoms with E-state index in [1.165, 1.54) is 12.4 Å². The fourth-order valence-electron chi connectivity index (χ4n) is 4.80. The Bertz CT molecular complexity index is 1130. The smallest absolute Gasteiger partial charge is 0.165 e. The van der Waals surface area contributed by atoms with Crippen molar-refractivity contribution in [1.82, 2.24) is 19.5 Å². The van der Waals surface area contributed by atoms with Crippen molar-refractivity contribution in [2.75, 3.05) is 5.32 Å². The van der Waals surface area contributed by atoms with Gasteiger partial charge in [-0.05, 0) is 42.6 Å². The summed E-state index contributed by atoms with van der Waals surface area (Å²) in [7, 11) is -1.95. The van der Waals surface area contributed by atoms with Crippen molar-refractivity contribution in [3.63, 3.8) is 0 Å². The molecule has 0 fully saturated rings. The molecule has 3 aromatic rings. The van der Waals surface area contributed by atoms with Gasteiger partial charge in [-0.2, -0.15) is 0 Å². The first-order valence-electron chi connectivity index (χ1n) is 11.4. The third kappa shape index (κ3) is 4.29. The normalized spacial score (nSPS) is 12.2. The molecule has 0 saturated heterocycles. The first-order chi connectivity index (χ1) is 15.1. The number of nitrogens with zero attached hydrogens (tertiary/aromatic N) is 4. The number of hydrogen-bond acceptors (Lipinski definition) is 4. The molecule has 0 aliphatic rings. The minimum atomic E-state index is -1.95. The lowest BCUT2D eigenvalue weighted by Crippen LogP contribution is -2.43. The number of rotatable bonds is 6. The van der Waals surface area contributed by atoms with Gasteiger partial charge in [-0.15, -0.1) is 5.54 Å². The van der Waals surface area contributed by atoms with Crippen LogP contribution < -0.4 is 5.32 Å². The highest BCUT2D eigenvalue weighted by Crippen LogP contribution is 2.41. The van der Waals surface area contributed by atoms with Crippen LogP contribution >= 0.6 is 0 Å². The predicted molar refractivity (Wildman–Crippen MR) is 133 cm³/mol. The Balaban J connectivity index is 2.10. The SMILES string of the molecule is CC(C)n1cnc2c(Nc3c(F)cccc3C#C[Si](C(C)C)(C(C)C)C(C)C)ncnc21. The maximum atomic E-state index is 15.0. The summed E-state index contributed by atoms with van der Waals surface area (Å²) in [6.07, 6.45) is 3.22. The van der Waals surface area contributed by atoms with E-state index in [0.29, 0.717) is 44.9 Å². The average molecular weight is 452 g/mol. The highest BCUT2D eigenvalue weighted by Gasteiger charge is 2.41. The quantitative estimate of drug-likeness (QED) is 0.328. The molecule has 0 bridgehead atoms. The topological polar surface area (TPSA) is 55.6 Å². The maximum absolute atomic E-state index is 15.0. The van der Waals surface area contributed by atoms with Crippen molar-refractivity contribution in [1.29, 1.82) is 0 Å². The zero-order valence-electron chi connectivity index (χ0n) is 20.4. The Morgan fingerprint density at radius 2 is 1.59 bits per heavy atom. The summed E-state index contributed by atoms with van der Waals surface area (Å²) >= 11 is 0. The second kappa shape index (κ2) is 9.41. The van der Waals surface area contributed by atoms with Gasteiger partial charge in [-0.25, -0.2) is 19.3 Å². The van der Waals surface area contributed by atoms with Crippen LogP contribution in [0, 0.1) is 17.3 Å². The standard InChI is InChI=1S/C25H34FN5Si/c1-16(2)31-15-29-23-24(27-14-28-25(23)31)30-22-20(10-9-11-21(22)26)12-13-32(17(3)4,18(5)6)19(7)8/h9-11,14-19H,1-8H3,(H,27,28,30). The number of imidazole rings is 1. The van der Waals surface area contributed by atoms with E-state index in [2.05, 4.69) is 87.1 Å². The zero-order chi connectivity index (χ0) is 23.6. The maximum Gasteiger partial charge on any atom is 0.165 e. The van der Waals surface area contributed by atoms with Crippen LogP contribution in [0.2, 0.25) is 16.6 Å². The highest BCUT2D eigenvalue weighted by molar-refractivity contribution is 6.90. The van der Waals surface area contributed by atoms with E-state index < -0.39 is 8.07 Å². The molecule has 5 nitrogen and oxygen atoms in total. The van der Waals surface area contributed by atoms with E-state index in [1.54, 1.807) is 12.4 Å². The summed E-state index contributed by atoms with van der Waals surface area (Å²) in [4.78, 5) is 13.2. The number of aromatic nitrogens is 4. The Kier molecular flexibility index (Phi) is 7.04. The predicted octanol–water partition coefficient (Wildman–Crippen LogP) is 6.86. The molecule has 0 amide bonds. The molecule has 0 aliphatic carbocycles. The molecule has 0 spiro atoms. The molecular weight excluding hydrogens is 417 g/mol. The number of halogens is 1. The Labute approximate surface area is 191 Å². The van der Waals surface area contributed by atoms with E-state index in [-0.39, 0.29) is 11.9 Å². The van der Waals surface area contributed by atoms with Crippen LogP contribution in [-0.4, -0.2) is 27.6 Å². The van der Waals surface area contributed by atoms with Crippen LogP contribution in [0.15, 0.2) is 30.9 Å². The van der Waals surface area contributed by atoms with Crippen LogP contribution in [0.5, 0.6) is 0 Å². The minimum Gasteiger partial charge on any atom is -0.335 e. The molecule has 0 radical (unpaired) electrons. The summed E-state index contributed by atoms with van der Waals surface area (Å²) in [6.45, 7) is 17.8. The van der Waals surface area contributed by atoms with Gasteiger partial charge in [-0.1, -0.05) is 53.5 Å². The molecule has 0 atom stereocenters. The van der Waals surface area contributed by atoms with Crippen LogP contribution in [0.4, 0.5) is 15.9 Å². The van der Waals surface area contributed by atoms with Gasteiger partial charge < -0.3 is 9.88 Å². The lowest BCUT2D eigenvalue weighted by Gasteiger charge is -2.38. The molecule has 170 valence electrons. The first-order valence-corrected chi connectivity index (χ1v) is 13.6. The van der Waals surface area contributed by atoms with Gasteiger partial charge in [0.2, 0.25) is 0 Å². The summed E-state index contributed by atoms with van der Waals surface area (Å²) in [5.74, 6) is 3.48. The summed E-state index contributed by atoms with van der Waals surface area (Å²) in [6, 6.07) is 5.22. The summed E-state index contributed by atoms with van der Waals surface area (Å²) in [5.41, 5.74) is 7.49. The Hall–Kier alpha value is -2.72. The van der Waals surface area contributed by atoms with Gasteiger partial charge in [0, 0.05) is 6.04 Å².